The van der Waals surface area contributed by atoms with E-state index in [4.69, 9.17) is 4.74 Å². The quantitative estimate of drug-likeness (QED) is 0.610. The van der Waals surface area contributed by atoms with E-state index >= 15 is 0 Å². The topological polar surface area (TPSA) is 33.6 Å². The molecule has 0 fully saturated rings. The molecule has 3 heteroatoms. The first-order chi connectivity index (χ1) is 9.78. The van der Waals surface area contributed by atoms with Crippen LogP contribution in [-0.2, 0) is 0 Å². The Labute approximate surface area is 129 Å². The third-order valence-corrected chi connectivity index (χ3v) is 3.28. The van der Waals surface area contributed by atoms with Crippen molar-refractivity contribution in [3.63, 3.8) is 0 Å². The highest BCUT2D eigenvalue weighted by atomic mass is 16.5. The van der Waals surface area contributed by atoms with Crippen molar-refractivity contribution >= 4 is 6.21 Å². The van der Waals surface area contributed by atoms with E-state index < -0.39 is 0 Å². The minimum Gasteiger partial charge on any atom is -0.490 e. The van der Waals surface area contributed by atoms with Gasteiger partial charge in [-0.1, -0.05) is 13.8 Å². The van der Waals surface area contributed by atoms with E-state index in [2.05, 4.69) is 51.9 Å². The number of benzene rings is 1. The van der Waals surface area contributed by atoms with Crippen LogP contribution in [0.2, 0.25) is 0 Å². The van der Waals surface area contributed by atoms with Gasteiger partial charge >= 0.3 is 0 Å². The van der Waals surface area contributed by atoms with Gasteiger partial charge in [-0.3, -0.25) is 4.99 Å². The first-order valence-corrected chi connectivity index (χ1v) is 7.79. The van der Waals surface area contributed by atoms with Gasteiger partial charge in [-0.15, -0.1) is 0 Å². The Morgan fingerprint density at radius 1 is 1.14 bits per heavy atom. The predicted molar refractivity (Wildman–Crippen MR) is 91.6 cm³/mol. The molecule has 1 rings (SSSR count). The van der Waals surface area contributed by atoms with Crippen LogP contribution in [0.25, 0.3) is 0 Å². The van der Waals surface area contributed by atoms with E-state index in [0.717, 1.165) is 24.4 Å². The summed E-state index contributed by atoms with van der Waals surface area (Å²) in [6.07, 6.45) is 2.15. The SMILES string of the molecule is CC(C)C(C)Oc1ccc(C=NCCNC(C)(C)C)cc1. The highest BCUT2D eigenvalue weighted by molar-refractivity contribution is 5.79. The molecule has 118 valence electrons. The Bertz CT molecular complexity index is 430. The minimum absolute atomic E-state index is 0.154. The molecule has 1 atom stereocenters. The van der Waals surface area contributed by atoms with Crippen molar-refractivity contribution in [2.75, 3.05) is 13.1 Å². The molecule has 0 saturated heterocycles. The number of hydrogen-bond acceptors (Lipinski definition) is 3. The van der Waals surface area contributed by atoms with E-state index in [1.165, 1.54) is 0 Å². The van der Waals surface area contributed by atoms with Crippen molar-refractivity contribution in [2.45, 2.75) is 53.2 Å². The monoisotopic (exact) mass is 290 g/mol. The fourth-order valence-electron chi connectivity index (χ4n) is 1.65. The van der Waals surface area contributed by atoms with Gasteiger partial charge in [0.2, 0.25) is 0 Å². The Morgan fingerprint density at radius 2 is 1.76 bits per heavy atom. The maximum absolute atomic E-state index is 5.86. The van der Waals surface area contributed by atoms with Crippen LogP contribution in [-0.4, -0.2) is 30.9 Å². The Balaban J connectivity index is 2.40. The maximum Gasteiger partial charge on any atom is 0.119 e. The molecule has 0 heterocycles. The molecular formula is C18H30N2O. The number of nitrogens with zero attached hydrogens (tertiary/aromatic N) is 1. The van der Waals surface area contributed by atoms with Gasteiger partial charge in [0.1, 0.15) is 5.75 Å². The van der Waals surface area contributed by atoms with E-state index in [0.29, 0.717) is 5.92 Å². The van der Waals surface area contributed by atoms with Crippen LogP contribution in [0.4, 0.5) is 0 Å². The highest BCUT2D eigenvalue weighted by Crippen LogP contribution is 2.16. The lowest BCUT2D eigenvalue weighted by Crippen LogP contribution is -2.37. The van der Waals surface area contributed by atoms with Crippen molar-refractivity contribution in [1.29, 1.82) is 0 Å². The van der Waals surface area contributed by atoms with Crippen LogP contribution in [0.1, 0.15) is 47.1 Å². The van der Waals surface area contributed by atoms with Crippen molar-refractivity contribution in [3.05, 3.63) is 29.8 Å². The largest absolute Gasteiger partial charge is 0.490 e. The van der Waals surface area contributed by atoms with Crippen molar-refractivity contribution in [1.82, 2.24) is 5.32 Å². The summed E-state index contributed by atoms with van der Waals surface area (Å²) in [6, 6.07) is 8.10. The van der Waals surface area contributed by atoms with Gasteiger partial charge in [-0.25, -0.2) is 0 Å². The summed E-state index contributed by atoms with van der Waals surface area (Å²) in [4.78, 5) is 4.44. The molecule has 0 amide bonds. The van der Waals surface area contributed by atoms with Crippen LogP contribution in [0.15, 0.2) is 29.3 Å². The summed E-state index contributed by atoms with van der Waals surface area (Å²) in [5.41, 5.74) is 1.26. The standard InChI is InChI=1S/C18H30N2O/c1-14(2)15(3)21-17-9-7-16(8-10-17)13-19-11-12-20-18(4,5)6/h7-10,13-15,20H,11-12H2,1-6H3. The molecule has 0 aliphatic carbocycles. The van der Waals surface area contributed by atoms with Gasteiger partial charge in [0.25, 0.3) is 0 Å². The zero-order chi connectivity index (χ0) is 15.9. The van der Waals surface area contributed by atoms with Crippen molar-refractivity contribution < 1.29 is 4.74 Å². The second kappa shape index (κ2) is 8.18. The van der Waals surface area contributed by atoms with Gasteiger partial charge in [-0.2, -0.15) is 0 Å². The average molecular weight is 290 g/mol. The Kier molecular flexibility index (Phi) is 6.90. The number of nitrogens with one attached hydrogen (secondary N) is 1. The van der Waals surface area contributed by atoms with Crippen LogP contribution >= 0.6 is 0 Å². The summed E-state index contributed by atoms with van der Waals surface area (Å²) in [6.45, 7) is 14.6. The van der Waals surface area contributed by atoms with E-state index in [1.54, 1.807) is 0 Å². The van der Waals surface area contributed by atoms with Gasteiger partial charge in [-0.05, 0) is 63.4 Å². The first-order valence-electron chi connectivity index (χ1n) is 7.79. The molecule has 0 aliphatic heterocycles. The normalized spacial score (nSPS) is 13.9. The van der Waals surface area contributed by atoms with Crippen molar-refractivity contribution in [3.8, 4) is 5.75 Å². The summed E-state index contributed by atoms with van der Waals surface area (Å²) < 4.78 is 5.86. The lowest BCUT2D eigenvalue weighted by Gasteiger charge is -2.19. The lowest BCUT2D eigenvalue weighted by molar-refractivity contribution is 0.170. The molecule has 3 nitrogen and oxygen atoms in total. The molecule has 0 radical (unpaired) electrons. The summed E-state index contributed by atoms with van der Waals surface area (Å²) in [5, 5.41) is 3.42. The smallest absolute Gasteiger partial charge is 0.119 e. The molecule has 0 aromatic heterocycles. The molecule has 1 N–H and O–H groups in total. The van der Waals surface area contributed by atoms with Crippen LogP contribution in [0, 0.1) is 5.92 Å². The molecule has 1 unspecified atom stereocenters. The predicted octanol–water partition coefficient (Wildman–Crippen LogP) is 3.92. The van der Waals surface area contributed by atoms with Crippen LogP contribution in [0.5, 0.6) is 5.75 Å². The zero-order valence-corrected chi connectivity index (χ0v) is 14.3. The molecule has 1 aromatic rings. The van der Waals surface area contributed by atoms with E-state index in [-0.39, 0.29) is 11.6 Å². The van der Waals surface area contributed by atoms with Crippen molar-refractivity contribution in [2.24, 2.45) is 10.9 Å². The van der Waals surface area contributed by atoms with E-state index in [1.807, 2.05) is 30.5 Å². The summed E-state index contributed by atoms with van der Waals surface area (Å²) in [7, 11) is 0. The number of ether oxygens (including phenoxy) is 1. The fourth-order valence-corrected chi connectivity index (χ4v) is 1.65. The number of aliphatic imine (C=N–C) groups is 1. The van der Waals surface area contributed by atoms with Crippen LogP contribution in [0.3, 0.4) is 0 Å². The Morgan fingerprint density at radius 3 is 2.29 bits per heavy atom. The first kappa shape index (κ1) is 17.7. The highest BCUT2D eigenvalue weighted by Gasteiger charge is 2.08. The molecule has 0 aliphatic rings. The third kappa shape index (κ3) is 7.86. The zero-order valence-electron chi connectivity index (χ0n) is 14.3. The fraction of sp³-hybridized carbons (Fsp3) is 0.611. The summed E-state index contributed by atoms with van der Waals surface area (Å²) >= 11 is 0. The summed E-state index contributed by atoms with van der Waals surface area (Å²) in [5.74, 6) is 1.43. The molecule has 21 heavy (non-hydrogen) atoms. The van der Waals surface area contributed by atoms with Gasteiger partial charge in [0.05, 0.1) is 12.6 Å². The molecule has 0 spiro atoms. The average Bonchev–Trinajstić information content (AvgIpc) is 2.38. The number of rotatable bonds is 7. The Hall–Kier alpha value is -1.35. The number of hydrogen-bond donors (Lipinski definition) is 1. The molecule has 1 aromatic carbocycles. The van der Waals surface area contributed by atoms with Gasteiger partial charge in [0, 0.05) is 18.3 Å². The van der Waals surface area contributed by atoms with Gasteiger partial charge in [0.15, 0.2) is 0 Å². The second-order valence-electron chi connectivity index (χ2n) is 6.85. The molecular weight excluding hydrogens is 260 g/mol. The third-order valence-electron chi connectivity index (χ3n) is 3.28. The van der Waals surface area contributed by atoms with Crippen LogP contribution < -0.4 is 10.1 Å². The van der Waals surface area contributed by atoms with Gasteiger partial charge < -0.3 is 10.1 Å². The van der Waals surface area contributed by atoms with E-state index in [9.17, 15) is 0 Å². The molecule has 0 bridgehead atoms. The lowest BCUT2D eigenvalue weighted by atomic mass is 10.1. The molecule has 0 saturated carbocycles. The maximum atomic E-state index is 5.86. The second-order valence-corrected chi connectivity index (χ2v) is 6.85. The minimum atomic E-state index is 0.154.